The number of nitro benzene ring substituents is 1. The Kier molecular flexibility index (Phi) is 4.24. The molecule has 2 unspecified atom stereocenters. The first-order valence-corrected chi connectivity index (χ1v) is 8.12. The molecule has 2 saturated heterocycles. The van der Waals surface area contributed by atoms with Gasteiger partial charge in [-0.2, -0.15) is 0 Å². The molecule has 0 radical (unpaired) electrons. The van der Waals surface area contributed by atoms with Crippen LogP contribution in [0.4, 0.5) is 11.4 Å². The highest BCUT2D eigenvalue weighted by atomic mass is 16.6. The van der Waals surface area contributed by atoms with Gasteiger partial charge in [-0.15, -0.1) is 0 Å². The fourth-order valence-electron chi connectivity index (χ4n) is 3.70. The van der Waals surface area contributed by atoms with E-state index < -0.39 is 28.0 Å². The first-order chi connectivity index (χ1) is 11.7. The third-order valence-electron chi connectivity index (χ3n) is 4.71. The molecule has 2 fully saturated rings. The van der Waals surface area contributed by atoms with Crippen molar-refractivity contribution in [1.29, 1.82) is 0 Å². The number of non-ortho nitro benzene ring substituents is 1. The molecule has 3 rings (SSSR count). The Bertz CT molecular complexity index is 732. The molecular formula is C17H20N2O6. The summed E-state index contributed by atoms with van der Waals surface area (Å²) in [4.78, 5) is 35.0. The number of anilines is 1. The van der Waals surface area contributed by atoms with Gasteiger partial charge in [0.25, 0.3) is 5.69 Å². The van der Waals surface area contributed by atoms with Crippen LogP contribution in [0.25, 0.3) is 0 Å². The van der Waals surface area contributed by atoms with Crippen molar-refractivity contribution in [3.05, 3.63) is 34.4 Å². The highest BCUT2D eigenvalue weighted by Crippen LogP contribution is 2.46. The van der Waals surface area contributed by atoms with Crippen LogP contribution in [0, 0.1) is 16.0 Å². The Balaban J connectivity index is 1.81. The van der Waals surface area contributed by atoms with E-state index in [2.05, 4.69) is 5.32 Å². The zero-order valence-electron chi connectivity index (χ0n) is 14.1. The summed E-state index contributed by atoms with van der Waals surface area (Å²) in [5.41, 5.74) is -1.17. The van der Waals surface area contributed by atoms with E-state index in [1.807, 2.05) is 13.8 Å². The van der Waals surface area contributed by atoms with Crippen LogP contribution < -0.4 is 5.32 Å². The van der Waals surface area contributed by atoms with E-state index in [4.69, 9.17) is 9.47 Å². The molecule has 1 aromatic rings. The predicted octanol–water partition coefficient (Wildman–Crippen LogP) is 2.42. The first-order valence-electron chi connectivity index (χ1n) is 8.12. The maximum atomic E-state index is 12.8. The fraction of sp³-hybridized carbons (Fsp3) is 0.529. The Labute approximate surface area is 144 Å². The van der Waals surface area contributed by atoms with Crippen LogP contribution in [0.5, 0.6) is 0 Å². The quantitative estimate of drug-likeness (QED) is 0.510. The van der Waals surface area contributed by atoms with Gasteiger partial charge in [-0.1, -0.05) is 6.07 Å². The average Bonchev–Trinajstić information content (AvgIpc) is 2.81. The molecule has 8 heteroatoms. The average molecular weight is 348 g/mol. The van der Waals surface area contributed by atoms with Crippen LogP contribution in [-0.4, -0.2) is 34.6 Å². The van der Waals surface area contributed by atoms with Crippen molar-refractivity contribution in [3.63, 3.8) is 0 Å². The highest BCUT2D eigenvalue weighted by molar-refractivity contribution is 5.97. The molecule has 8 nitrogen and oxygen atoms in total. The third-order valence-corrected chi connectivity index (χ3v) is 4.71. The largest absolute Gasteiger partial charge is 0.458 e. The van der Waals surface area contributed by atoms with Gasteiger partial charge in [-0.05, 0) is 19.9 Å². The molecule has 0 aromatic heterocycles. The number of amides is 1. The smallest absolute Gasteiger partial charge is 0.307 e. The van der Waals surface area contributed by atoms with E-state index in [-0.39, 0.29) is 18.0 Å². The molecule has 25 heavy (non-hydrogen) atoms. The number of nitrogens with one attached hydrogen (secondary N) is 1. The number of hydrogen-bond donors (Lipinski definition) is 1. The van der Waals surface area contributed by atoms with Crippen LogP contribution in [0.2, 0.25) is 0 Å². The number of carbonyl (C=O) groups excluding carboxylic acids is 2. The predicted molar refractivity (Wildman–Crippen MR) is 87.9 cm³/mol. The second kappa shape index (κ2) is 6.11. The van der Waals surface area contributed by atoms with Crippen LogP contribution in [0.15, 0.2) is 24.3 Å². The molecule has 2 aliphatic rings. The lowest BCUT2D eigenvalue weighted by Gasteiger charge is -2.43. The van der Waals surface area contributed by atoms with Gasteiger partial charge >= 0.3 is 5.97 Å². The number of benzene rings is 1. The molecule has 2 heterocycles. The van der Waals surface area contributed by atoms with Crippen LogP contribution in [0.1, 0.15) is 33.1 Å². The zero-order valence-corrected chi connectivity index (χ0v) is 14.1. The maximum absolute atomic E-state index is 12.8. The molecule has 0 aliphatic carbocycles. The van der Waals surface area contributed by atoms with Gasteiger partial charge in [-0.25, -0.2) is 0 Å². The van der Waals surface area contributed by atoms with Crippen LogP contribution in [-0.2, 0) is 19.1 Å². The first kappa shape index (κ1) is 17.3. The Morgan fingerprint density at radius 3 is 2.84 bits per heavy atom. The molecule has 1 aromatic carbocycles. The summed E-state index contributed by atoms with van der Waals surface area (Å²) in [7, 11) is 0. The topological polar surface area (TPSA) is 108 Å². The van der Waals surface area contributed by atoms with E-state index in [1.54, 1.807) is 6.07 Å². The van der Waals surface area contributed by atoms with Gasteiger partial charge in [-0.3, -0.25) is 19.7 Å². The molecule has 0 saturated carbocycles. The summed E-state index contributed by atoms with van der Waals surface area (Å²) < 4.78 is 11.2. The summed E-state index contributed by atoms with van der Waals surface area (Å²) in [6.07, 6.45) is 0.880. The van der Waals surface area contributed by atoms with E-state index >= 15 is 0 Å². The van der Waals surface area contributed by atoms with Gasteiger partial charge in [0, 0.05) is 30.7 Å². The Morgan fingerprint density at radius 1 is 1.40 bits per heavy atom. The van der Waals surface area contributed by atoms with Gasteiger partial charge in [0.15, 0.2) is 0 Å². The molecule has 1 amide bonds. The summed E-state index contributed by atoms with van der Waals surface area (Å²) in [5.74, 6) is -1.43. The molecule has 1 N–H and O–H groups in total. The third kappa shape index (κ3) is 3.48. The van der Waals surface area contributed by atoms with Gasteiger partial charge < -0.3 is 14.8 Å². The van der Waals surface area contributed by atoms with Gasteiger partial charge in [0.05, 0.1) is 29.5 Å². The lowest BCUT2D eigenvalue weighted by Crippen LogP contribution is -2.52. The van der Waals surface area contributed by atoms with Crippen molar-refractivity contribution in [2.75, 3.05) is 11.9 Å². The van der Waals surface area contributed by atoms with Crippen molar-refractivity contribution in [2.45, 2.75) is 44.3 Å². The van der Waals surface area contributed by atoms with E-state index in [1.165, 1.54) is 18.2 Å². The normalized spacial score (nSPS) is 27.8. The molecule has 134 valence electrons. The minimum Gasteiger partial charge on any atom is -0.458 e. The second-order valence-corrected chi connectivity index (χ2v) is 7.13. The van der Waals surface area contributed by atoms with E-state index in [9.17, 15) is 19.7 Å². The van der Waals surface area contributed by atoms with Crippen molar-refractivity contribution in [1.82, 2.24) is 0 Å². The standard InChI is InChI=1S/C17H20N2O6/c1-16(2)10-17(6-7-24-16)13(9-14(20)25-17)15(21)18-11-4-3-5-12(8-11)19(22)23/h3-5,8,13H,6-7,9-10H2,1-2H3,(H,18,21). The van der Waals surface area contributed by atoms with Gasteiger partial charge in [0.2, 0.25) is 5.91 Å². The number of carbonyl (C=O) groups is 2. The SMILES string of the molecule is CC1(C)CC2(CCO1)OC(=O)CC2C(=O)Nc1cccc([N+](=O)[O-])c1. The van der Waals surface area contributed by atoms with Crippen molar-refractivity contribution >= 4 is 23.3 Å². The molecule has 2 aliphatic heterocycles. The number of esters is 1. The minimum absolute atomic E-state index is 0.00313. The maximum Gasteiger partial charge on any atom is 0.307 e. The lowest BCUT2D eigenvalue weighted by molar-refractivity contribution is -0.384. The summed E-state index contributed by atoms with van der Waals surface area (Å²) in [6, 6.07) is 5.71. The van der Waals surface area contributed by atoms with Crippen LogP contribution >= 0.6 is 0 Å². The van der Waals surface area contributed by atoms with Crippen molar-refractivity contribution in [2.24, 2.45) is 5.92 Å². The monoisotopic (exact) mass is 348 g/mol. The Hall–Kier alpha value is -2.48. The van der Waals surface area contributed by atoms with Crippen molar-refractivity contribution in [3.8, 4) is 0 Å². The molecule has 2 atom stereocenters. The molecular weight excluding hydrogens is 328 g/mol. The van der Waals surface area contributed by atoms with E-state index in [0.717, 1.165) is 0 Å². The summed E-state index contributed by atoms with van der Waals surface area (Å²) in [6.45, 7) is 4.20. The number of nitro groups is 1. The minimum atomic E-state index is -0.885. The summed E-state index contributed by atoms with van der Waals surface area (Å²) in [5, 5.41) is 13.5. The van der Waals surface area contributed by atoms with Crippen LogP contribution in [0.3, 0.4) is 0 Å². The van der Waals surface area contributed by atoms with E-state index in [0.29, 0.717) is 25.1 Å². The molecule has 0 bridgehead atoms. The van der Waals surface area contributed by atoms with Crippen molar-refractivity contribution < 1.29 is 24.0 Å². The zero-order chi connectivity index (χ0) is 18.2. The number of nitrogens with zero attached hydrogens (tertiary/aromatic N) is 1. The highest BCUT2D eigenvalue weighted by Gasteiger charge is 2.56. The summed E-state index contributed by atoms with van der Waals surface area (Å²) >= 11 is 0. The molecule has 1 spiro atoms. The fourth-order valence-corrected chi connectivity index (χ4v) is 3.70. The lowest BCUT2D eigenvalue weighted by atomic mass is 9.75. The number of ether oxygens (including phenoxy) is 2. The Morgan fingerprint density at radius 2 is 2.16 bits per heavy atom. The van der Waals surface area contributed by atoms with Gasteiger partial charge in [0.1, 0.15) is 5.60 Å². The number of rotatable bonds is 3. The second-order valence-electron chi connectivity index (χ2n) is 7.13. The number of hydrogen-bond acceptors (Lipinski definition) is 6.